The number of alkyl halides is 3. The molecule has 2 rings (SSSR count). The van der Waals surface area contributed by atoms with Crippen LogP contribution in [-0.4, -0.2) is 40.3 Å². The number of carbonyl (C=O) groups excluding carboxylic acids is 1. The van der Waals surface area contributed by atoms with Crippen molar-refractivity contribution < 1.29 is 28.2 Å². The quantitative estimate of drug-likeness (QED) is 0.863. The Labute approximate surface area is 113 Å². The van der Waals surface area contributed by atoms with E-state index in [4.69, 9.17) is 5.11 Å². The van der Waals surface area contributed by atoms with Crippen molar-refractivity contribution in [1.82, 2.24) is 4.90 Å². The first kappa shape index (κ1) is 14.8. The van der Waals surface area contributed by atoms with Gasteiger partial charge in [-0.3, -0.25) is 4.79 Å². The molecule has 1 aliphatic heterocycles. The second kappa shape index (κ2) is 5.41. The summed E-state index contributed by atoms with van der Waals surface area (Å²) in [4.78, 5) is 12.8. The summed E-state index contributed by atoms with van der Waals surface area (Å²) in [6, 6.07) is 4.03. The third-order valence-electron chi connectivity index (χ3n) is 3.33. The molecule has 1 aromatic rings. The Kier molecular flexibility index (Phi) is 4.01. The number of amides is 1. The lowest BCUT2D eigenvalue weighted by Gasteiger charge is -2.24. The highest BCUT2D eigenvalue weighted by atomic mass is 19.4. The molecule has 0 saturated carbocycles. The fourth-order valence-electron chi connectivity index (χ4n) is 2.42. The molecule has 20 heavy (non-hydrogen) atoms. The van der Waals surface area contributed by atoms with Crippen molar-refractivity contribution in [2.75, 3.05) is 13.2 Å². The number of aliphatic hydroxyl groups is 2. The van der Waals surface area contributed by atoms with Crippen LogP contribution in [0.25, 0.3) is 0 Å². The number of hydrogen-bond acceptors (Lipinski definition) is 3. The molecule has 0 unspecified atom stereocenters. The van der Waals surface area contributed by atoms with Crippen molar-refractivity contribution in [2.45, 2.75) is 24.7 Å². The van der Waals surface area contributed by atoms with Crippen LogP contribution >= 0.6 is 0 Å². The average molecular weight is 289 g/mol. The molecule has 1 aliphatic rings. The molecule has 1 fully saturated rings. The molecule has 1 saturated heterocycles. The van der Waals surface area contributed by atoms with Gasteiger partial charge in [-0.2, -0.15) is 13.2 Å². The van der Waals surface area contributed by atoms with Gasteiger partial charge in [0, 0.05) is 6.54 Å². The van der Waals surface area contributed by atoms with Gasteiger partial charge in [0.25, 0.3) is 0 Å². The van der Waals surface area contributed by atoms with Crippen LogP contribution in [0.15, 0.2) is 24.3 Å². The van der Waals surface area contributed by atoms with E-state index < -0.39 is 36.4 Å². The van der Waals surface area contributed by atoms with E-state index in [0.717, 1.165) is 12.1 Å². The van der Waals surface area contributed by atoms with Gasteiger partial charge in [-0.05, 0) is 24.1 Å². The number of rotatable bonds is 2. The minimum absolute atomic E-state index is 0.0142. The molecule has 0 radical (unpaired) electrons. The molecular weight excluding hydrogens is 275 g/mol. The number of carbonyl (C=O) groups is 1. The maximum atomic E-state index is 12.7. The number of aliphatic hydroxyl groups excluding tert-OH is 2. The highest BCUT2D eigenvalue weighted by Gasteiger charge is 2.36. The minimum atomic E-state index is -4.46. The van der Waals surface area contributed by atoms with Crippen LogP contribution in [0.1, 0.15) is 23.6 Å². The molecule has 0 aromatic heterocycles. The van der Waals surface area contributed by atoms with Gasteiger partial charge < -0.3 is 15.1 Å². The monoisotopic (exact) mass is 289 g/mol. The minimum Gasteiger partial charge on any atom is -0.391 e. The normalized spacial score (nSPS) is 23.1. The largest absolute Gasteiger partial charge is 0.416 e. The van der Waals surface area contributed by atoms with Gasteiger partial charge in [0.15, 0.2) is 0 Å². The van der Waals surface area contributed by atoms with E-state index in [9.17, 15) is 23.1 Å². The van der Waals surface area contributed by atoms with Gasteiger partial charge in [0.05, 0.1) is 17.7 Å². The zero-order chi connectivity index (χ0) is 14.9. The van der Waals surface area contributed by atoms with Crippen LogP contribution in [0.4, 0.5) is 13.2 Å². The Balaban J connectivity index is 2.32. The number of halogens is 3. The summed E-state index contributed by atoms with van der Waals surface area (Å²) in [6.45, 7) is -0.720. The smallest absolute Gasteiger partial charge is 0.391 e. The predicted molar refractivity (Wildman–Crippen MR) is 63.6 cm³/mol. The fourth-order valence-corrected chi connectivity index (χ4v) is 2.42. The Bertz CT molecular complexity index is 504. The fraction of sp³-hybridized carbons (Fsp3) is 0.462. The highest BCUT2D eigenvalue weighted by molar-refractivity contribution is 5.78. The van der Waals surface area contributed by atoms with Crippen molar-refractivity contribution in [1.29, 1.82) is 0 Å². The van der Waals surface area contributed by atoms with E-state index in [-0.39, 0.29) is 13.0 Å². The average Bonchev–Trinajstić information content (AvgIpc) is 2.79. The van der Waals surface area contributed by atoms with Gasteiger partial charge in [0.1, 0.15) is 6.61 Å². The lowest BCUT2D eigenvalue weighted by atomic mass is 10.0. The van der Waals surface area contributed by atoms with Crippen LogP contribution in [0, 0.1) is 0 Å². The van der Waals surface area contributed by atoms with Gasteiger partial charge in [0.2, 0.25) is 5.91 Å². The van der Waals surface area contributed by atoms with E-state index in [1.807, 2.05) is 0 Å². The van der Waals surface area contributed by atoms with E-state index in [1.54, 1.807) is 0 Å². The van der Waals surface area contributed by atoms with Gasteiger partial charge in [-0.25, -0.2) is 0 Å². The lowest BCUT2D eigenvalue weighted by molar-refractivity contribution is -0.137. The summed E-state index contributed by atoms with van der Waals surface area (Å²) in [5.41, 5.74) is -0.494. The Morgan fingerprint density at radius 2 is 2.10 bits per heavy atom. The number of hydrogen-bond donors (Lipinski definition) is 2. The van der Waals surface area contributed by atoms with E-state index in [1.165, 1.54) is 17.0 Å². The van der Waals surface area contributed by atoms with Gasteiger partial charge in [-0.15, -0.1) is 0 Å². The maximum Gasteiger partial charge on any atom is 0.416 e. The molecule has 110 valence electrons. The van der Waals surface area contributed by atoms with E-state index in [2.05, 4.69) is 0 Å². The van der Waals surface area contributed by atoms with Crippen LogP contribution < -0.4 is 0 Å². The summed E-state index contributed by atoms with van der Waals surface area (Å²) in [7, 11) is 0. The van der Waals surface area contributed by atoms with Gasteiger partial charge in [-0.1, -0.05) is 12.1 Å². The Morgan fingerprint density at radius 3 is 2.70 bits per heavy atom. The molecule has 1 aromatic carbocycles. The van der Waals surface area contributed by atoms with Crippen LogP contribution in [0.5, 0.6) is 0 Å². The molecule has 1 heterocycles. The number of benzene rings is 1. The lowest BCUT2D eigenvalue weighted by Crippen LogP contribution is -2.33. The molecule has 2 atom stereocenters. The second-order valence-corrected chi connectivity index (χ2v) is 4.73. The molecule has 2 N–H and O–H groups in total. The second-order valence-electron chi connectivity index (χ2n) is 4.73. The van der Waals surface area contributed by atoms with Crippen molar-refractivity contribution in [3.63, 3.8) is 0 Å². The van der Waals surface area contributed by atoms with Crippen molar-refractivity contribution >= 4 is 5.91 Å². The van der Waals surface area contributed by atoms with Gasteiger partial charge >= 0.3 is 6.18 Å². The molecular formula is C13H14F3NO3. The molecule has 0 spiro atoms. The van der Waals surface area contributed by atoms with E-state index >= 15 is 0 Å². The van der Waals surface area contributed by atoms with Crippen molar-refractivity contribution in [3.05, 3.63) is 35.4 Å². The van der Waals surface area contributed by atoms with Crippen LogP contribution in [0.3, 0.4) is 0 Å². The SMILES string of the molecule is O=C(CO)N1C[C@@H](O)C[C@@H]1c1cccc(C(F)(F)F)c1. The molecule has 4 nitrogen and oxygen atoms in total. The summed E-state index contributed by atoms with van der Waals surface area (Å²) < 4.78 is 38.1. The zero-order valence-electron chi connectivity index (χ0n) is 10.5. The standard InChI is InChI=1S/C13H14F3NO3/c14-13(15,16)9-3-1-2-8(4-9)11-5-10(19)6-17(11)12(20)7-18/h1-4,10-11,18-19H,5-7H2/t10-,11+/m0/s1. The molecule has 7 heteroatoms. The first-order valence-corrected chi connectivity index (χ1v) is 6.08. The Hall–Kier alpha value is -1.60. The third-order valence-corrected chi connectivity index (χ3v) is 3.33. The summed E-state index contributed by atoms with van der Waals surface area (Å²) in [6.07, 6.45) is -5.10. The van der Waals surface area contributed by atoms with E-state index in [0.29, 0.717) is 5.56 Å². The first-order valence-electron chi connectivity index (χ1n) is 6.08. The predicted octanol–water partition coefficient (Wildman–Crippen LogP) is 1.33. The first-order chi connectivity index (χ1) is 9.32. The number of nitrogens with zero attached hydrogens (tertiary/aromatic N) is 1. The van der Waals surface area contributed by atoms with Crippen molar-refractivity contribution in [2.24, 2.45) is 0 Å². The Morgan fingerprint density at radius 1 is 1.40 bits per heavy atom. The maximum absolute atomic E-state index is 12.7. The topological polar surface area (TPSA) is 60.8 Å². The molecule has 0 bridgehead atoms. The highest BCUT2D eigenvalue weighted by Crippen LogP contribution is 2.36. The number of β-amino-alcohol motifs (C(OH)–C–C–N with tert-alkyl or cyclic N) is 1. The molecule has 0 aliphatic carbocycles. The summed E-state index contributed by atoms with van der Waals surface area (Å²) in [5.74, 6) is -0.607. The summed E-state index contributed by atoms with van der Waals surface area (Å²) in [5, 5.41) is 18.5. The number of likely N-dealkylation sites (tertiary alicyclic amines) is 1. The summed E-state index contributed by atoms with van der Waals surface area (Å²) >= 11 is 0. The van der Waals surface area contributed by atoms with Crippen LogP contribution in [0.2, 0.25) is 0 Å². The van der Waals surface area contributed by atoms with Crippen LogP contribution in [-0.2, 0) is 11.0 Å². The molecule has 1 amide bonds. The third kappa shape index (κ3) is 2.94. The van der Waals surface area contributed by atoms with Crippen molar-refractivity contribution in [3.8, 4) is 0 Å². The zero-order valence-corrected chi connectivity index (χ0v) is 10.5.